The molecular formula is C35H63N5O5. The molecule has 0 aliphatic carbocycles. The van der Waals surface area contributed by atoms with Gasteiger partial charge in [-0.05, 0) is 84.6 Å². The van der Waals surface area contributed by atoms with E-state index in [1.54, 1.807) is 23.8 Å². The van der Waals surface area contributed by atoms with Crippen LogP contribution < -0.4 is 10.6 Å². The van der Waals surface area contributed by atoms with Crippen molar-refractivity contribution in [1.82, 2.24) is 25.3 Å². The van der Waals surface area contributed by atoms with Gasteiger partial charge >= 0.3 is 0 Å². The summed E-state index contributed by atoms with van der Waals surface area (Å²) in [4.78, 5) is 59.9. The normalized spacial score (nSPS) is 21.3. The van der Waals surface area contributed by atoms with Gasteiger partial charge in [-0.25, -0.2) is 0 Å². The summed E-state index contributed by atoms with van der Waals surface area (Å²) < 4.78 is 5.55. The largest absolute Gasteiger partial charge is 0.379 e. The Balaban J connectivity index is 2.17. The standard InChI is InChI=1S/C35H63N5O5/c1-23(2)29(22-26(7)33(43)40-20-14-17-27(40)31(41)36-18-15-21-45-25(5)6)38(11)34(44)30(35(8,9)10)37-32(42)28-16-12-13-19-39(28)24(3)4/h22-25,27-30H,12-21H2,1-11H3,(H,36,41)(H,37,42)/b26-22+/t27?,28-,29-,30?/m1/s1. The first-order valence-corrected chi connectivity index (χ1v) is 17.2. The number of piperidine rings is 1. The summed E-state index contributed by atoms with van der Waals surface area (Å²) in [6, 6.07) is -1.61. The monoisotopic (exact) mass is 633 g/mol. The average molecular weight is 634 g/mol. The lowest BCUT2D eigenvalue weighted by molar-refractivity contribution is -0.142. The molecule has 0 spiro atoms. The van der Waals surface area contributed by atoms with E-state index >= 15 is 0 Å². The molecule has 0 aromatic carbocycles. The van der Waals surface area contributed by atoms with E-state index in [0.29, 0.717) is 38.1 Å². The Hall–Kier alpha value is -2.46. The Bertz CT molecular complexity index is 1030. The van der Waals surface area contributed by atoms with E-state index in [0.717, 1.165) is 32.2 Å². The number of nitrogens with zero attached hydrogens (tertiary/aromatic N) is 3. The molecule has 0 aromatic heterocycles. The van der Waals surface area contributed by atoms with Crippen LogP contribution in [0, 0.1) is 11.3 Å². The summed E-state index contributed by atoms with van der Waals surface area (Å²) in [7, 11) is 1.75. The van der Waals surface area contributed by atoms with Crippen LogP contribution in [0.25, 0.3) is 0 Å². The second kappa shape index (κ2) is 17.5. The molecule has 10 nitrogen and oxygen atoms in total. The third-order valence-electron chi connectivity index (χ3n) is 9.03. The van der Waals surface area contributed by atoms with E-state index in [1.807, 2.05) is 54.5 Å². The van der Waals surface area contributed by atoms with E-state index in [2.05, 4.69) is 29.4 Å². The molecule has 4 amide bonds. The summed E-state index contributed by atoms with van der Waals surface area (Å²) in [6.45, 7) is 22.4. The number of hydrogen-bond donors (Lipinski definition) is 2. The fourth-order valence-corrected chi connectivity index (χ4v) is 6.40. The lowest BCUT2D eigenvalue weighted by Gasteiger charge is -2.41. The Morgan fingerprint density at radius 1 is 0.933 bits per heavy atom. The Kier molecular flexibility index (Phi) is 15.0. The predicted molar refractivity (Wildman–Crippen MR) is 179 cm³/mol. The van der Waals surface area contributed by atoms with Gasteiger partial charge < -0.3 is 25.2 Å². The summed E-state index contributed by atoms with van der Waals surface area (Å²) in [6.07, 6.45) is 6.96. The number of hydrogen-bond acceptors (Lipinski definition) is 6. The average Bonchev–Trinajstić information content (AvgIpc) is 3.46. The molecule has 2 unspecified atom stereocenters. The van der Waals surface area contributed by atoms with Gasteiger partial charge in [0.25, 0.3) is 0 Å². The quantitative estimate of drug-likeness (QED) is 0.220. The molecule has 0 saturated carbocycles. The molecule has 10 heteroatoms. The van der Waals surface area contributed by atoms with E-state index in [1.165, 1.54) is 0 Å². The van der Waals surface area contributed by atoms with Crippen LogP contribution in [-0.4, -0.2) is 108 Å². The predicted octanol–water partition coefficient (Wildman–Crippen LogP) is 4.13. The number of rotatable bonds is 14. The van der Waals surface area contributed by atoms with E-state index in [4.69, 9.17) is 4.74 Å². The third kappa shape index (κ3) is 11.1. The van der Waals surface area contributed by atoms with Crippen molar-refractivity contribution in [1.29, 1.82) is 0 Å². The summed E-state index contributed by atoms with van der Waals surface area (Å²) in [5, 5.41) is 6.10. The molecule has 2 N–H and O–H groups in total. The second-order valence-electron chi connectivity index (χ2n) is 14.9. The van der Waals surface area contributed by atoms with Gasteiger partial charge in [0.2, 0.25) is 23.6 Å². The summed E-state index contributed by atoms with van der Waals surface area (Å²) in [5.74, 6) is -0.590. The van der Waals surface area contributed by atoms with Gasteiger partial charge in [-0.1, -0.05) is 47.1 Å². The van der Waals surface area contributed by atoms with Crippen LogP contribution in [-0.2, 0) is 23.9 Å². The molecule has 2 rings (SSSR count). The van der Waals surface area contributed by atoms with Crippen molar-refractivity contribution in [2.24, 2.45) is 11.3 Å². The van der Waals surface area contributed by atoms with Crippen LogP contribution >= 0.6 is 0 Å². The second-order valence-corrected chi connectivity index (χ2v) is 14.9. The van der Waals surface area contributed by atoms with Gasteiger partial charge in [0.05, 0.1) is 18.2 Å². The number of ether oxygens (including phenoxy) is 1. The fraction of sp³-hybridized carbons (Fsp3) is 0.829. The zero-order valence-corrected chi connectivity index (χ0v) is 30.1. The molecule has 0 aromatic rings. The van der Waals surface area contributed by atoms with Crippen LogP contribution in [0.1, 0.15) is 108 Å². The molecule has 2 saturated heterocycles. The minimum Gasteiger partial charge on any atom is -0.379 e. The zero-order chi connectivity index (χ0) is 34.1. The molecule has 0 bridgehead atoms. The molecule has 2 aliphatic heterocycles. The minimum atomic E-state index is -0.728. The first-order chi connectivity index (χ1) is 21.0. The van der Waals surface area contributed by atoms with Crippen molar-refractivity contribution < 1.29 is 23.9 Å². The number of likely N-dealkylation sites (tertiary alicyclic amines) is 2. The highest BCUT2D eigenvalue weighted by Gasteiger charge is 2.40. The van der Waals surface area contributed by atoms with Crippen molar-refractivity contribution in [2.45, 2.75) is 144 Å². The van der Waals surface area contributed by atoms with Gasteiger partial charge in [-0.15, -0.1) is 0 Å². The topological polar surface area (TPSA) is 111 Å². The maximum absolute atomic E-state index is 14.1. The van der Waals surface area contributed by atoms with Gasteiger partial charge in [0.1, 0.15) is 12.1 Å². The summed E-state index contributed by atoms with van der Waals surface area (Å²) in [5.41, 5.74) is -0.0182. The number of carbonyl (C=O) groups excluding carboxylic acids is 4. The lowest BCUT2D eigenvalue weighted by Crippen LogP contribution is -2.60. The first kappa shape index (κ1) is 38.7. The summed E-state index contributed by atoms with van der Waals surface area (Å²) >= 11 is 0. The molecule has 45 heavy (non-hydrogen) atoms. The van der Waals surface area contributed by atoms with Crippen LogP contribution in [0.5, 0.6) is 0 Å². The number of carbonyl (C=O) groups is 4. The van der Waals surface area contributed by atoms with E-state index in [9.17, 15) is 19.2 Å². The molecule has 2 heterocycles. The molecule has 2 aliphatic rings. The van der Waals surface area contributed by atoms with Crippen LogP contribution in [0.2, 0.25) is 0 Å². The molecular weight excluding hydrogens is 570 g/mol. The molecule has 0 radical (unpaired) electrons. The number of nitrogens with one attached hydrogen (secondary N) is 2. The highest BCUT2D eigenvalue weighted by Crippen LogP contribution is 2.27. The zero-order valence-electron chi connectivity index (χ0n) is 30.1. The van der Waals surface area contributed by atoms with Crippen molar-refractivity contribution in [3.05, 3.63) is 11.6 Å². The molecule has 4 atom stereocenters. The van der Waals surface area contributed by atoms with Crippen molar-refractivity contribution in [3.63, 3.8) is 0 Å². The van der Waals surface area contributed by atoms with Crippen LogP contribution in [0.4, 0.5) is 0 Å². The van der Waals surface area contributed by atoms with Crippen LogP contribution in [0.3, 0.4) is 0 Å². The van der Waals surface area contributed by atoms with Gasteiger partial charge in [-0.3, -0.25) is 24.1 Å². The van der Waals surface area contributed by atoms with Crippen LogP contribution in [0.15, 0.2) is 11.6 Å². The Morgan fingerprint density at radius 2 is 1.58 bits per heavy atom. The van der Waals surface area contributed by atoms with Crippen molar-refractivity contribution >= 4 is 23.6 Å². The maximum atomic E-state index is 14.1. The highest BCUT2D eigenvalue weighted by atomic mass is 16.5. The Morgan fingerprint density at radius 3 is 2.16 bits per heavy atom. The minimum absolute atomic E-state index is 0.0125. The lowest BCUT2D eigenvalue weighted by atomic mass is 9.84. The van der Waals surface area contributed by atoms with E-state index in [-0.39, 0.29) is 53.8 Å². The van der Waals surface area contributed by atoms with Crippen molar-refractivity contribution in [3.8, 4) is 0 Å². The van der Waals surface area contributed by atoms with Gasteiger partial charge in [0, 0.05) is 38.4 Å². The van der Waals surface area contributed by atoms with Crippen molar-refractivity contribution in [2.75, 3.05) is 33.3 Å². The smallest absolute Gasteiger partial charge is 0.249 e. The van der Waals surface area contributed by atoms with Gasteiger partial charge in [0.15, 0.2) is 0 Å². The molecule has 2 fully saturated rings. The van der Waals surface area contributed by atoms with Gasteiger partial charge in [-0.2, -0.15) is 0 Å². The number of amides is 4. The maximum Gasteiger partial charge on any atom is 0.249 e. The fourth-order valence-electron chi connectivity index (χ4n) is 6.40. The first-order valence-electron chi connectivity index (χ1n) is 17.2. The molecule has 258 valence electrons. The third-order valence-corrected chi connectivity index (χ3v) is 9.03. The number of likely N-dealkylation sites (N-methyl/N-ethyl adjacent to an activating group) is 1. The Labute approximate surface area is 273 Å². The SMILES string of the molecule is C/C(=C\[C@H](C(C)C)N(C)C(=O)C(NC(=O)[C@H]1CCCCN1C(C)C)C(C)(C)C)C(=O)N1CCCC1C(=O)NCCCOC(C)C. The van der Waals surface area contributed by atoms with E-state index < -0.39 is 17.5 Å². The highest BCUT2D eigenvalue weighted by molar-refractivity contribution is 5.97.